The predicted molar refractivity (Wildman–Crippen MR) is 63.9 cm³/mol. The van der Waals surface area contributed by atoms with E-state index in [1.807, 2.05) is 25.3 Å². The molecule has 1 aromatic heterocycles. The number of thiophene rings is 1. The Morgan fingerprint density at radius 3 is 2.71 bits per heavy atom. The zero-order valence-corrected chi connectivity index (χ0v) is 11.0. The Hall–Kier alpha value is -0.0600. The highest BCUT2D eigenvalue weighted by Crippen LogP contribution is 2.29. The third-order valence-corrected chi connectivity index (χ3v) is 3.82. The fourth-order valence-corrected chi connectivity index (χ4v) is 2.65. The van der Waals surface area contributed by atoms with Crippen LogP contribution >= 0.6 is 38.9 Å². The van der Waals surface area contributed by atoms with E-state index in [-0.39, 0.29) is 11.9 Å². The lowest BCUT2D eigenvalue weighted by Crippen LogP contribution is -2.32. The number of amides is 1. The van der Waals surface area contributed by atoms with Crippen LogP contribution in [0.5, 0.6) is 0 Å². The Morgan fingerprint density at radius 2 is 2.29 bits per heavy atom. The molecule has 0 radical (unpaired) electrons. The molecule has 0 aliphatic carbocycles. The molecule has 1 aromatic rings. The summed E-state index contributed by atoms with van der Waals surface area (Å²) in [6.07, 6.45) is 0. The summed E-state index contributed by atoms with van der Waals surface area (Å²) in [6, 6.07) is 1.98. The van der Waals surface area contributed by atoms with E-state index < -0.39 is 5.38 Å². The van der Waals surface area contributed by atoms with E-state index in [9.17, 15) is 4.79 Å². The molecule has 0 saturated heterocycles. The highest BCUT2D eigenvalue weighted by molar-refractivity contribution is 9.10. The molecule has 0 saturated carbocycles. The van der Waals surface area contributed by atoms with E-state index in [1.54, 1.807) is 0 Å². The predicted octanol–water partition coefficient (Wildman–Crippen LogP) is 3.32. The molecule has 1 unspecified atom stereocenters. The minimum absolute atomic E-state index is 0.118. The summed E-state index contributed by atoms with van der Waals surface area (Å²) in [5.74, 6) is -0.143. The summed E-state index contributed by atoms with van der Waals surface area (Å²) in [6.45, 7) is 3.82. The summed E-state index contributed by atoms with van der Waals surface area (Å²) in [4.78, 5) is 12.4. The van der Waals surface area contributed by atoms with Gasteiger partial charge in [0.15, 0.2) is 0 Å². The molecule has 0 bridgehead atoms. The van der Waals surface area contributed by atoms with Crippen molar-refractivity contribution in [1.82, 2.24) is 5.32 Å². The number of carbonyl (C=O) groups excluding carboxylic acids is 1. The van der Waals surface area contributed by atoms with Crippen LogP contribution in [0.3, 0.4) is 0 Å². The number of rotatable bonds is 3. The highest BCUT2D eigenvalue weighted by Gasteiger charge is 2.19. The van der Waals surface area contributed by atoms with E-state index in [4.69, 9.17) is 11.6 Å². The van der Waals surface area contributed by atoms with Crippen molar-refractivity contribution in [3.8, 4) is 0 Å². The zero-order chi connectivity index (χ0) is 10.7. The van der Waals surface area contributed by atoms with E-state index in [0.717, 1.165) is 9.35 Å². The lowest BCUT2D eigenvalue weighted by molar-refractivity contribution is -0.121. The minimum atomic E-state index is -0.589. The van der Waals surface area contributed by atoms with Crippen molar-refractivity contribution in [3.63, 3.8) is 0 Å². The molecule has 14 heavy (non-hydrogen) atoms. The van der Waals surface area contributed by atoms with Crippen molar-refractivity contribution in [2.75, 3.05) is 0 Å². The standard InChI is InChI=1S/C9H11BrClNOS/c1-5(2)12-9(13)8(11)7-3-6(10)4-14-7/h3-5,8H,1-2H3,(H,12,13). The molecule has 2 nitrogen and oxygen atoms in total. The van der Waals surface area contributed by atoms with Gasteiger partial charge in [-0.15, -0.1) is 22.9 Å². The summed E-state index contributed by atoms with van der Waals surface area (Å²) in [5.41, 5.74) is 0. The maximum atomic E-state index is 11.5. The Bertz CT molecular complexity index is 326. The van der Waals surface area contributed by atoms with Gasteiger partial charge < -0.3 is 5.32 Å². The number of hydrogen-bond acceptors (Lipinski definition) is 2. The van der Waals surface area contributed by atoms with Crippen molar-refractivity contribution in [2.45, 2.75) is 25.3 Å². The second-order valence-electron chi connectivity index (χ2n) is 3.19. The topological polar surface area (TPSA) is 29.1 Å². The summed E-state index contributed by atoms with van der Waals surface area (Å²) < 4.78 is 0.959. The number of alkyl halides is 1. The largest absolute Gasteiger partial charge is 0.352 e. The average molecular weight is 297 g/mol. The van der Waals surface area contributed by atoms with Gasteiger partial charge in [-0.25, -0.2) is 0 Å². The maximum absolute atomic E-state index is 11.5. The third-order valence-electron chi connectivity index (χ3n) is 1.50. The van der Waals surface area contributed by atoms with Gasteiger partial charge in [0.2, 0.25) is 5.91 Å². The summed E-state index contributed by atoms with van der Waals surface area (Å²) >= 11 is 10.8. The van der Waals surface area contributed by atoms with Crippen LogP contribution in [0, 0.1) is 0 Å². The van der Waals surface area contributed by atoms with E-state index >= 15 is 0 Å². The molecule has 1 heterocycles. The van der Waals surface area contributed by atoms with Gasteiger partial charge >= 0.3 is 0 Å². The lowest BCUT2D eigenvalue weighted by atomic mass is 10.3. The van der Waals surface area contributed by atoms with Crippen LogP contribution in [-0.4, -0.2) is 11.9 Å². The molecular formula is C9H11BrClNOS. The average Bonchev–Trinajstić information content (AvgIpc) is 2.49. The second kappa shape index (κ2) is 5.14. The van der Waals surface area contributed by atoms with Crippen LogP contribution in [0.15, 0.2) is 15.9 Å². The van der Waals surface area contributed by atoms with Gasteiger partial charge in [-0.05, 0) is 35.8 Å². The summed E-state index contributed by atoms with van der Waals surface area (Å²) in [5, 5.41) is 4.09. The third kappa shape index (κ3) is 3.26. The number of halogens is 2. The van der Waals surface area contributed by atoms with Crippen LogP contribution in [0.4, 0.5) is 0 Å². The van der Waals surface area contributed by atoms with Crippen molar-refractivity contribution in [1.29, 1.82) is 0 Å². The fraction of sp³-hybridized carbons (Fsp3) is 0.444. The Morgan fingerprint density at radius 1 is 1.64 bits per heavy atom. The van der Waals surface area contributed by atoms with Gasteiger partial charge in [-0.2, -0.15) is 0 Å². The van der Waals surface area contributed by atoms with Gasteiger partial charge in [0.05, 0.1) is 0 Å². The molecule has 1 atom stereocenters. The molecule has 78 valence electrons. The number of nitrogens with one attached hydrogen (secondary N) is 1. The first kappa shape index (κ1) is 12.0. The van der Waals surface area contributed by atoms with Gasteiger partial charge in [-0.3, -0.25) is 4.79 Å². The first-order chi connectivity index (χ1) is 6.50. The van der Waals surface area contributed by atoms with E-state index in [1.165, 1.54) is 11.3 Å². The molecule has 0 aliphatic rings. The van der Waals surface area contributed by atoms with Gasteiger partial charge in [-0.1, -0.05) is 0 Å². The molecule has 0 aliphatic heterocycles. The van der Waals surface area contributed by atoms with Crippen molar-refractivity contribution >= 4 is 44.8 Å². The first-order valence-electron chi connectivity index (χ1n) is 4.19. The van der Waals surface area contributed by atoms with Crippen LogP contribution in [0.1, 0.15) is 24.1 Å². The summed E-state index contributed by atoms with van der Waals surface area (Å²) in [7, 11) is 0. The Balaban J connectivity index is 2.65. The number of carbonyl (C=O) groups is 1. The zero-order valence-electron chi connectivity index (χ0n) is 7.88. The normalized spacial score (nSPS) is 12.9. The first-order valence-corrected chi connectivity index (χ1v) is 6.30. The quantitative estimate of drug-likeness (QED) is 0.852. The monoisotopic (exact) mass is 295 g/mol. The fourth-order valence-electron chi connectivity index (χ4n) is 0.948. The second-order valence-corrected chi connectivity index (χ2v) is 5.49. The van der Waals surface area contributed by atoms with Gasteiger partial charge in [0, 0.05) is 20.8 Å². The van der Waals surface area contributed by atoms with Crippen molar-refractivity contribution in [2.24, 2.45) is 0 Å². The van der Waals surface area contributed by atoms with E-state index in [0.29, 0.717) is 0 Å². The van der Waals surface area contributed by atoms with Crippen LogP contribution in [-0.2, 0) is 4.79 Å². The Kier molecular flexibility index (Phi) is 4.41. The van der Waals surface area contributed by atoms with Crippen LogP contribution in [0.25, 0.3) is 0 Å². The highest BCUT2D eigenvalue weighted by atomic mass is 79.9. The maximum Gasteiger partial charge on any atom is 0.243 e. The molecule has 1 rings (SSSR count). The molecule has 1 N–H and O–H groups in total. The molecule has 0 aromatic carbocycles. The molecular weight excluding hydrogens is 286 g/mol. The number of hydrogen-bond donors (Lipinski definition) is 1. The SMILES string of the molecule is CC(C)NC(=O)C(Cl)c1cc(Br)cs1. The minimum Gasteiger partial charge on any atom is -0.352 e. The smallest absolute Gasteiger partial charge is 0.243 e. The van der Waals surface area contributed by atoms with Crippen molar-refractivity contribution in [3.05, 3.63) is 20.8 Å². The lowest BCUT2D eigenvalue weighted by Gasteiger charge is -2.11. The van der Waals surface area contributed by atoms with Crippen LogP contribution in [0.2, 0.25) is 0 Å². The van der Waals surface area contributed by atoms with Crippen molar-refractivity contribution < 1.29 is 4.79 Å². The molecule has 0 fully saturated rings. The van der Waals surface area contributed by atoms with Gasteiger partial charge in [0.1, 0.15) is 5.38 Å². The van der Waals surface area contributed by atoms with Crippen LogP contribution < -0.4 is 5.32 Å². The van der Waals surface area contributed by atoms with Gasteiger partial charge in [0.25, 0.3) is 0 Å². The molecule has 5 heteroatoms. The molecule has 1 amide bonds. The van der Waals surface area contributed by atoms with E-state index in [2.05, 4.69) is 21.2 Å². The molecule has 0 spiro atoms. The Labute approximate surface area is 101 Å².